The predicted molar refractivity (Wildman–Crippen MR) is 171 cm³/mol. The highest BCUT2D eigenvalue weighted by Crippen LogP contribution is 2.37. The summed E-state index contributed by atoms with van der Waals surface area (Å²) in [6.45, 7) is 17.4. The third-order valence-corrected chi connectivity index (χ3v) is 9.40. The summed E-state index contributed by atoms with van der Waals surface area (Å²) in [5, 5.41) is 2.94. The van der Waals surface area contributed by atoms with Gasteiger partial charge in [-0.15, -0.1) is 9.24 Å². The maximum absolute atomic E-state index is 12.9. The van der Waals surface area contributed by atoms with E-state index in [0.29, 0.717) is 30.2 Å². The molecule has 1 saturated carbocycles. The highest BCUT2D eigenvalue weighted by molar-refractivity contribution is 7.17. The van der Waals surface area contributed by atoms with Crippen LogP contribution in [0.1, 0.15) is 86.8 Å². The molecule has 40 heavy (non-hydrogen) atoms. The Balaban J connectivity index is 0.000000534. The number of nitrogens with zero attached hydrogens (tertiary/aromatic N) is 1. The molecule has 0 radical (unpaired) electrons. The van der Waals surface area contributed by atoms with E-state index in [1.54, 1.807) is 20.1 Å². The fourth-order valence-electron chi connectivity index (χ4n) is 5.59. The number of ether oxygens (including phenoxy) is 1. The summed E-state index contributed by atoms with van der Waals surface area (Å²) in [5.41, 5.74) is 4.21. The van der Waals surface area contributed by atoms with E-state index in [9.17, 15) is 9.59 Å². The van der Waals surface area contributed by atoms with Gasteiger partial charge in [0.2, 0.25) is 0 Å². The molecule has 1 amide bonds. The van der Waals surface area contributed by atoms with Crippen molar-refractivity contribution in [3.05, 3.63) is 77.1 Å². The molecule has 1 aliphatic carbocycles. The summed E-state index contributed by atoms with van der Waals surface area (Å²) < 4.78 is 5.36. The van der Waals surface area contributed by atoms with Crippen LogP contribution in [0.15, 0.2) is 54.9 Å². The van der Waals surface area contributed by atoms with Crippen molar-refractivity contribution in [2.45, 2.75) is 85.7 Å². The van der Waals surface area contributed by atoms with Crippen LogP contribution in [0.5, 0.6) is 5.75 Å². The van der Waals surface area contributed by atoms with E-state index in [1.165, 1.54) is 24.8 Å². The summed E-state index contributed by atoms with van der Waals surface area (Å²) in [6.07, 6.45) is 6.57. The lowest BCUT2D eigenvalue weighted by molar-refractivity contribution is -0.129. The Hall–Kier alpha value is -2.65. The molecule has 1 heterocycles. The number of rotatable bonds is 7. The van der Waals surface area contributed by atoms with Crippen LogP contribution >= 0.6 is 9.24 Å². The zero-order valence-corrected chi connectivity index (χ0v) is 27.0. The molecule has 2 aromatic carbocycles. The largest absolute Gasteiger partial charge is 0.496 e. The van der Waals surface area contributed by atoms with Gasteiger partial charge in [0, 0.05) is 24.1 Å². The molecule has 6 heteroatoms. The van der Waals surface area contributed by atoms with Gasteiger partial charge >= 0.3 is 0 Å². The minimum Gasteiger partial charge on any atom is -0.496 e. The van der Waals surface area contributed by atoms with Crippen molar-refractivity contribution in [2.24, 2.45) is 11.3 Å². The third kappa shape index (κ3) is 8.93. The van der Waals surface area contributed by atoms with Crippen molar-refractivity contribution in [3.8, 4) is 5.75 Å². The SMILES string of the molecule is C=C(NC(=O)c1cc(OC)c(C)cc1C)N1CCC(Cc2ccccc2)(C(C)=O)CC1.CC.CC1CCCC1P. The van der Waals surface area contributed by atoms with Gasteiger partial charge in [-0.2, -0.15) is 0 Å². The molecule has 0 spiro atoms. The summed E-state index contributed by atoms with van der Waals surface area (Å²) in [5.74, 6) is 2.26. The molecule has 3 atom stereocenters. The number of likely N-dealkylation sites (tertiary alicyclic amines) is 1. The van der Waals surface area contributed by atoms with E-state index in [-0.39, 0.29) is 17.1 Å². The van der Waals surface area contributed by atoms with Gasteiger partial charge < -0.3 is 15.0 Å². The lowest BCUT2D eigenvalue weighted by Crippen LogP contribution is -2.47. The first-order valence-corrected chi connectivity index (χ1v) is 15.4. The number of aryl methyl sites for hydroxylation is 2. The van der Waals surface area contributed by atoms with E-state index < -0.39 is 0 Å². The molecule has 5 nitrogen and oxygen atoms in total. The molecule has 2 aliphatic rings. The standard InChI is InChI=1S/C26H32N2O3.C6H13P.C2H6/c1-18-15-19(2)24(31-5)16-23(18)25(30)27-21(4)28-13-11-26(12-14-28,20(3)29)17-22-9-7-6-8-10-22;1-5-3-2-4-6(5)7;1-2/h6-10,15-16H,4,11-14,17H2,1-3,5H3,(H,27,30);5-6H,2-4,7H2,1H3;1-2H3. The van der Waals surface area contributed by atoms with Crippen LogP contribution in [0.25, 0.3) is 0 Å². The van der Waals surface area contributed by atoms with Crippen LogP contribution in [0.4, 0.5) is 0 Å². The fraction of sp³-hybridized carbons (Fsp3) is 0.529. The van der Waals surface area contributed by atoms with Crippen molar-refractivity contribution < 1.29 is 14.3 Å². The minimum absolute atomic E-state index is 0.200. The number of hydrogen-bond acceptors (Lipinski definition) is 4. The van der Waals surface area contributed by atoms with Gasteiger partial charge in [0.1, 0.15) is 17.4 Å². The number of carbonyl (C=O) groups is 2. The Morgan fingerprint density at radius 1 is 1.07 bits per heavy atom. The number of hydrogen-bond donors (Lipinski definition) is 1. The maximum Gasteiger partial charge on any atom is 0.257 e. The summed E-state index contributed by atoms with van der Waals surface area (Å²) in [7, 11) is 4.51. The molecule has 3 unspecified atom stereocenters. The van der Waals surface area contributed by atoms with Crippen molar-refractivity contribution in [3.63, 3.8) is 0 Å². The zero-order valence-electron chi connectivity index (χ0n) is 25.8. The second-order valence-corrected chi connectivity index (χ2v) is 12.0. The smallest absolute Gasteiger partial charge is 0.257 e. The third-order valence-electron chi connectivity index (χ3n) is 8.41. The number of Topliss-reactive ketones (excluding diaryl/α,β-unsaturated/α-hetero) is 1. The first-order valence-electron chi connectivity index (χ1n) is 14.8. The number of amides is 1. The normalized spacial score (nSPS) is 19.4. The minimum atomic E-state index is -0.358. The Labute approximate surface area is 245 Å². The van der Waals surface area contributed by atoms with E-state index in [0.717, 1.165) is 42.0 Å². The highest BCUT2D eigenvalue weighted by atomic mass is 31.0. The van der Waals surface area contributed by atoms with E-state index >= 15 is 0 Å². The second kappa shape index (κ2) is 16.0. The van der Waals surface area contributed by atoms with E-state index in [4.69, 9.17) is 4.74 Å². The fourth-order valence-corrected chi connectivity index (χ4v) is 6.02. The average Bonchev–Trinajstić information content (AvgIpc) is 3.32. The number of methoxy groups -OCH3 is 1. The quantitative estimate of drug-likeness (QED) is 0.353. The topological polar surface area (TPSA) is 58.6 Å². The lowest BCUT2D eigenvalue weighted by atomic mass is 9.71. The number of nitrogens with one attached hydrogen (secondary N) is 1. The summed E-state index contributed by atoms with van der Waals surface area (Å²) in [6, 6.07) is 13.9. The van der Waals surface area contributed by atoms with Crippen molar-refractivity contribution in [1.29, 1.82) is 0 Å². The predicted octanol–water partition coefficient (Wildman–Crippen LogP) is 7.50. The van der Waals surface area contributed by atoms with Crippen LogP contribution in [-0.4, -0.2) is 42.4 Å². The van der Waals surface area contributed by atoms with Crippen LogP contribution in [0, 0.1) is 25.2 Å². The molecule has 1 aliphatic heterocycles. The maximum atomic E-state index is 12.9. The van der Waals surface area contributed by atoms with E-state index in [2.05, 4.69) is 45.1 Å². The average molecular weight is 567 g/mol. The highest BCUT2D eigenvalue weighted by Gasteiger charge is 2.39. The Morgan fingerprint density at radius 2 is 1.70 bits per heavy atom. The molecule has 220 valence electrons. The van der Waals surface area contributed by atoms with Crippen LogP contribution in [-0.2, 0) is 11.2 Å². The van der Waals surface area contributed by atoms with Crippen molar-refractivity contribution in [1.82, 2.24) is 10.2 Å². The summed E-state index contributed by atoms with van der Waals surface area (Å²) >= 11 is 0. The van der Waals surface area contributed by atoms with Crippen LogP contribution in [0.3, 0.4) is 0 Å². The molecule has 0 aromatic heterocycles. The second-order valence-electron chi connectivity index (χ2n) is 11.1. The van der Waals surface area contributed by atoms with Crippen molar-refractivity contribution in [2.75, 3.05) is 20.2 Å². The summed E-state index contributed by atoms with van der Waals surface area (Å²) in [4.78, 5) is 27.5. The molecular formula is C34H51N2O3P. The number of benzene rings is 2. The number of carbonyl (C=O) groups excluding carboxylic acids is 2. The molecule has 1 N–H and O–H groups in total. The van der Waals surface area contributed by atoms with Gasteiger partial charge in [0.15, 0.2) is 0 Å². The molecule has 0 bridgehead atoms. The van der Waals surface area contributed by atoms with Gasteiger partial charge in [0.05, 0.1) is 7.11 Å². The Bertz CT molecular complexity index is 1120. The van der Waals surface area contributed by atoms with Gasteiger partial charge in [0.25, 0.3) is 5.91 Å². The molecule has 4 rings (SSSR count). The van der Waals surface area contributed by atoms with Gasteiger partial charge in [-0.1, -0.05) is 76.6 Å². The van der Waals surface area contributed by atoms with E-state index in [1.807, 2.05) is 52.0 Å². The number of piperidine rings is 1. The lowest BCUT2D eigenvalue weighted by Gasteiger charge is -2.42. The van der Waals surface area contributed by atoms with Gasteiger partial charge in [-0.05, 0) is 80.8 Å². The molecule has 2 aromatic rings. The Kier molecular flexibility index (Phi) is 13.4. The van der Waals surface area contributed by atoms with Gasteiger partial charge in [-0.25, -0.2) is 0 Å². The Morgan fingerprint density at radius 3 is 2.17 bits per heavy atom. The first kappa shape index (κ1) is 33.6. The molecule has 2 fully saturated rings. The number of ketones is 1. The first-order chi connectivity index (χ1) is 19.1. The molecule has 1 saturated heterocycles. The van der Waals surface area contributed by atoms with Crippen LogP contribution in [0.2, 0.25) is 0 Å². The van der Waals surface area contributed by atoms with Crippen LogP contribution < -0.4 is 10.1 Å². The molecular weight excluding hydrogens is 515 g/mol. The monoisotopic (exact) mass is 566 g/mol. The van der Waals surface area contributed by atoms with Gasteiger partial charge in [-0.3, -0.25) is 9.59 Å². The van der Waals surface area contributed by atoms with Crippen molar-refractivity contribution >= 4 is 20.9 Å². The zero-order chi connectivity index (χ0) is 29.9.